The Morgan fingerprint density at radius 3 is 2.94 bits per heavy atom. The van der Waals surface area contributed by atoms with Crippen LogP contribution in [0.4, 0.5) is 5.13 Å². The van der Waals surface area contributed by atoms with Crippen molar-refractivity contribution in [1.29, 1.82) is 0 Å². The molecule has 13 heteroatoms. The summed E-state index contributed by atoms with van der Waals surface area (Å²) in [4.78, 5) is 23.7. The number of nitrogens with one attached hydrogen (secondary N) is 3. The summed E-state index contributed by atoms with van der Waals surface area (Å²) in [6.07, 6.45) is 3.28. The Hall–Kier alpha value is -2.61. The lowest BCUT2D eigenvalue weighted by Crippen LogP contribution is -2.24. The molecule has 0 aliphatic rings. The van der Waals surface area contributed by atoms with Gasteiger partial charge in [0.2, 0.25) is 21.1 Å². The number of hydrogen-bond donors (Lipinski definition) is 3. The summed E-state index contributed by atoms with van der Waals surface area (Å²) in [5, 5.41) is 14.2. The molecule has 0 saturated carbocycles. The van der Waals surface area contributed by atoms with Crippen molar-refractivity contribution in [3.63, 3.8) is 0 Å². The summed E-state index contributed by atoms with van der Waals surface area (Å²) in [6.45, 7) is 2.39. The lowest BCUT2D eigenvalue weighted by atomic mass is 10.2. The molecular formula is C18H19N7O3S3. The number of aromatic nitrogens is 5. The number of unbranched alkanes of at least 4 members (excludes halogenated alkanes) is 1. The minimum Gasteiger partial charge on any atom is -0.338 e. The normalized spacial score (nSPS) is 11.9. The van der Waals surface area contributed by atoms with Gasteiger partial charge in [-0.25, -0.2) is 23.1 Å². The van der Waals surface area contributed by atoms with E-state index < -0.39 is 10.0 Å². The highest BCUT2D eigenvalue weighted by atomic mass is 32.2. The molecular weight excluding hydrogens is 458 g/mol. The second-order valence-electron chi connectivity index (χ2n) is 6.55. The van der Waals surface area contributed by atoms with E-state index in [4.69, 9.17) is 0 Å². The summed E-state index contributed by atoms with van der Waals surface area (Å²) >= 11 is 2.48. The van der Waals surface area contributed by atoms with Crippen molar-refractivity contribution >= 4 is 66.2 Å². The van der Waals surface area contributed by atoms with Gasteiger partial charge in [-0.2, -0.15) is 0 Å². The summed E-state index contributed by atoms with van der Waals surface area (Å²) in [5.74, 6) is -0.107. The van der Waals surface area contributed by atoms with Crippen LogP contribution in [0.2, 0.25) is 0 Å². The molecule has 162 valence electrons. The molecule has 0 bridgehead atoms. The first-order chi connectivity index (χ1) is 15.0. The van der Waals surface area contributed by atoms with Crippen molar-refractivity contribution in [2.75, 3.05) is 17.6 Å². The van der Waals surface area contributed by atoms with Crippen molar-refractivity contribution in [1.82, 2.24) is 29.9 Å². The predicted molar refractivity (Wildman–Crippen MR) is 121 cm³/mol. The van der Waals surface area contributed by atoms with Crippen LogP contribution >= 0.6 is 23.1 Å². The second-order valence-corrected chi connectivity index (χ2v) is 10.2. The minimum absolute atomic E-state index is 0.110. The van der Waals surface area contributed by atoms with E-state index in [0.29, 0.717) is 38.9 Å². The number of nitrogens with zero attached hydrogens (tertiary/aromatic N) is 4. The minimum atomic E-state index is -3.60. The highest BCUT2D eigenvalue weighted by Crippen LogP contribution is 2.26. The zero-order chi connectivity index (χ0) is 21.8. The van der Waals surface area contributed by atoms with E-state index in [1.165, 1.54) is 17.4 Å². The monoisotopic (exact) mass is 477 g/mol. The fourth-order valence-corrected chi connectivity index (χ4v) is 5.03. The van der Waals surface area contributed by atoms with Gasteiger partial charge in [0.25, 0.3) is 0 Å². The molecule has 3 N–H and O–H groups in total. The summed E-state index contributed by atoms with van der Waals surface area (Å²) in [7, 11) is -3.60. The van der Waals surface area contributed by atoms with Crippen LogP contribution < -0.4 is 10.0 Å². The van der Waals surface area contributed by atoms with Gasteiger partial charge in [0.15, 0.2) is 10.8 Å². The average Bonchev–Trinajstić information content (AvgIpc) is 3.38. The quantitative estimate of drug-likeness (QED) is 0.247. The molecule has 0 fully saturated rings. The maximum Gasteiger partial charge on any atom is 0.240 e. The first kappa shape index (κ1) is 21.6. The number of thiazole rings is 1. The molecule has 1 aromatic carbocycles. The van der Waals surface area contributed by atoms with Crippen LogP contribution in [0.5, 0.6) is 0 Å². The molecule has 31 heavy (non-hydrogen) atoms. The van der Waals surface area contributed by atoms with E-state index in [2.05, 4.69) is 35.2 Å². The zero-order valence-electron chi connectivity index (χ0n) is 16.5. The fraction of sp³-hybridized carbons (Fsp3) is 0.278. The Kier molecular flexibility index (Phi) is 6.46. The number of hydrogen-bond acceptors (Lipinski definition) is 9. The molecule has 3 aromatic heterocycles. The van der Waals surface area contributed by atoms with Crippen LogP contribution in [0.3, 0.4) is 0 Å². The van der Waals surface area contributed by atoms with Crippen LogP contribution in [-0.4, -0.2) is 51.8 Å². The Balaban J connectivity index is 1.52. The topological polar surface area (TPSA) is 143 Å². The molecule has 10 nitrogen and oxygen atoms in total. The molecule has 0 aliphatic heterocycles. The largest absolute Gasteiger partial charge is 0.338 e. The number of rotatable bonds is 9. The summed E-state index contributed by atoms with van der Waals surface area (Å²) in [6, 6.07) is 4.78. The molecule has 0 saturated heterocycles. The van der Waals surface area contributed by atoms with E-state index in [0.717, 1.165) is 24.6 Å². The van der Waals surface area contributed by atoms with Gasteiger partial charge in [-0.05, 0) is 24.6 Å². The first-order valence-electron chi connectivity index (χ1n) is 9.44. The van der Waals surface area contributed by atoms with Gasteiger partial charge in [0.05, 0.1) is 10.6 Å². The number of carbonyl (C=O) groups excluding carboxylic acids is 1. The van der Waals surface area contributed by atoms with Gasteiger partial charge in [-0.3, -0.25) is 4.79 Å². The number of aromatic amines is 1. The number of sulfonamides is 1. The number of carbonyl (C=O) groups is 1. The van der Waals surface area contributed by atoms with Crippen molar-refractivity contribution in [2.24, 2.45) is 0 Å². The molecule has 4 aromatic rings. The fourth-order valence-electron chi connectivity index (χ4n) is 2.80. The van der Waals surface area contributed by atoms with E-state index in [1.807, 2.05) is 6.92 Å². The Bertz CT molecular complexity index is 1320. The zero-order valence-corrected chi connectivity index (χ0v) is 18.9. The van der Waals surface area contributed by atoms with E-state index in [-0.39, 0.29) is 16.6 Å². The van der Waals surface area contributed by atoms with E-state index in [9.17, 15) is 13.2 Å². The highest BCUT2D eigenvalue weighted by molar-refractivity contribution is 7.99. The van der Waals surface area contributed by atoms with Crippen molar-refractivity contribution in [3.05, 3.63) is 29.8 Å². The molecule has 0 unspecified atom stereocenters. The van der Waals surface area contributed by atoms with Gasteiger partial charge >= 0.3 is 0 Å². The Labute approximate surface area is 186 Å². The van der Waals surface area contributed by atoms with Crippen molar-refractivity contribution < 1.29 is 13.2 Å². The van der Waals surface area contributed by atoms with E-state index in [1.54, 1.807) is 23.7 Å². The van der Waals surface area contributed by atoms with E-state index >= 15 is 0 Å². The Morgan fingerprint density at radius 2 is 2.16 bits per heavy atom. The van der Waals surface area contributed by atoms with Gasteiger partial charge in [-0.1, -0.05) is 25.1 Å². The van der Waals surface area contributed by atoms with Crippen molar-refractivity contribution in [2.45, 2.75) is 29.8 Å². The standard InChI is InChI=1S/C18H19N7O3S3/c1-2-3-6-20-31(27,28)11-4-5-13-12(9-11)15-16(21-13)23-18(25-24-15)30-10-14(26)22-17-19-7-8-29-17/h4-5,7-9,20H,2-3,6,10H2,1H3,(H,19,22,26)(H,21,23,25). The van der Waals surface area contributed by atoms with Crippen molar-refractivity contribution in [3.8, 4) is 0 Å². The third-order valence-corrected chi connectivity index (χ3v) is 7.30. The van der Waals surface area contributed by atoms with Crippen LogP contribution in [0.15, 0.2) is 39.8 Å². The lowest BCUT2D eigenvalue weighted by molar-refractivity contribution is -0.113. The SMILES string of the molecule is CCCCNS(=O)(=O)c1ccc2[nH]c3nc(SCC(=O)Nc4nccs4)nnc3c2c1. The van der Waals surface area contributed by atoms with Gasteiger partial charge in [0, 0.05) is 29.0 Å². The van der Waals surface area contributed by atoms with Gasteiger partial charge < -0.3 is 10.3 Å². The van der Waals surface area contributed by atoms with Crippen LogP contribution in [0, 0.1) is 0 Å². The second kappa shape index (κ2) is 9.26. The number of H-pyrrole nitrogens is 1. The van der Waals surface area contributed by atoms with Crippen LogP contribution in [-0.2, 0) is 14.8 Å². The lowest BCUT2D eigenvalue weighted by Gasteiger charge is -2.06. The third-order valence-electron chi connectivity index (χ3n) is 4.31. The number of anilines is 1. The molecule has 4 rings (SSSR count). The number of amides is 1. The highest BCUT2D eigenvalue weighted by Gasteiger charge is 2.17. The maximum atomic E-state index is 12.5. The Morgan fingerprint density at radius 1 is 1.29 bits per heavy atom. The third kappa shape index (κ3) is 5.01. The van der Waals surface area contributed by atoms with Crippen LogP contribution in [0.1, 0.15) is 19.8 Å². The molecule has 1 amide bonds. The predicted octanol–water partition coefficient (Wildman–Crippen LogP) is 2.77. The van der Waals surface area contributed by atoms with Crippen LogP contribution in [0.25, 0.3) is 22.1 Å². The molecule has 0 spiro atoms. The molecule has 0 aliphatic carbocycles. The number of thioether (sulfide) groups is 1. The summed E-state index contributed by atoms with van der Waals surface area (Å²) < 4.78 is 27.6. The molecule has 0 atom stereocenters. The number of fused-ring (bicyclic) bond motifs is 3. The first-order valence-corrected chi connectivity index (χ1v) is 12.8. The smallest absolute Gasteiger partial charge is 0.240 e. The average molecular weight is 478 g/mol. The summed E-state index contributed by atoms with van der Waals surface area (Å²) in [5.41, 5.74) is 1.64. The molecule has 0 radical (unpaired) electrons. The number of benzene rings is 1. The van der Waals surface area contributed by atoms with Gasteiger partial charge in [0.1, 0.15) is 5.52 Å². The molecule has 3 heterocycles. The maximum absolute atomic E-state index is 12.5. The van der Waals surface area contributed by atoms with Gasteiger partial charge in [-0.15, -0.1) is 21.5 Å².